The lowest BCUT2D eigenvalue weighted by Crippen LogP contribution is -2.46. The summed E-state index contributed by atoms with van der Waals surface area (Å²) in [6, 6.07) is 2.88. The van der Waals surface area contributed by atoms with Crippen LogP contribution in [0, 0.1) is 11.6 Å². The van der Waals surface area contributed by atoms with Crippen molar-refractivity contribution in [2.75, 3.05) is 40.3 Å². The van der Waals surface area contributed by atoms with Gasteiger partial charge in [-0.3, -0.25) is 9.79 Å². The second kappa shape index (κ2) is 9.78. The number of alkyl halides is 3. The maximum absolute atomic E-state index is 13.4. The summed E-state index contributed by atoms with van der Waals surface area (Å²) in [5.41, 5.74) is 0. The van der Waals surface area contributed by atoms with Gasteiger partial charge in [-0.15, -0.1) is 0 Å². The fourth-order valence-electron chi connectivity index (χ4n) is 1.79. The molecular weight excluding hydrogens is 363 g/mol. The molecule has 6 nitrogen and oxygen atoms in total. The summed E-state index contributed by atoms with van der Waals surface area (Å²) in [5.74, 6) is -2.31. The number of carbonyl (C=O) groups excluding carboxylic acids is 1. The summed E-state index contributed by atoms with van der Waals surface area (Å²) in [7, 11) is 2.44. The topological polar surface area (TPSA) is 66.0 Å². The average molecular weight is 382 g/mol. The van der Waals surface area contributed by atoms with Gasteiger partial charge in [0.25, 0.3) is 0 Å². The van der Waals surface area contributed by atoms with E-state index < -0.39 is 30.3 Å². The maximum Gasteiger partial charge on any atom is 0.406 e. The highest BCUT2D eigenvalue weighted by atomic mass is 19.4. The minimum absolute atomic E-state index is 0.00513. The van der Waals surface area contributed by atoms with E-state index in [9.17, 15) is 26.7 Å². The zero-order valence-electron chi connectivity index (χ0n) is 14.2. The van der Waals surface area contributed by atoms with Crippen LogP contribution in [0.1, 0.15) is 0 Å². The zero-order valence-corrected chi connectivity index (χ0v) is 14.2. The van der Waals surface area contributed by atoms with E-state index in [1.807, 2.05) is 0 Å². The van der Waals surface area contributed by atoms with Crippen molar-refractivity contribution < 1.29 is 31.5 Å². The van der Waals surface area contributed by atoms with Gasteiger partial charge < -0.3 is 20.3 Å². The summed E-state index contributed by atoms with van der Waals surface area (Å²) in [5, 5.41) is 5.29. The van der Waals surface area contributed by atoms with Gasteiger partial charge in [-0.2, -0.15) is 13.2 Å². The van der Waals surface area contributed by atoms with Crippen molar-refractivity contribution in [2.24, 2.45) is 4.99 Å². The van der Waals surface area contributed by atoms with Crippen LogP contribution in [-0.4, -0.2) is 63.3 Å². The Morgan fingerprint density at radius 2 is 1.96 bits per heavy atom. The highest BCUT2D eigenvalue weighted by Gasteiger charge is 2.31. The Hall–Kier alpha value is -2.59. The quantitative estimate of drug-likeness (QED) is 0.325. The highest BCUT2D eigenvalue weighted by Crippen LogP contribution is 2.17. The van der Waals surface area contributed by atoms with Crippen LogP contribution in [-0.2, 0) is 4.79 Å². The number of nitrogens with one attached hydrogen (secondary N) is 2. The van der Waals surface area contributed by atoms with E-state index in [0.717, 1.165) is 19.2 Å². The van der Waals surface area contributed by atoms with E-state index in [0.29, 0.717) is 11.0 Å². The van der Waals surface area contributed by atoms with Gasteiger partial charge in [0.1, 0.15) is 19.0 Å². The van der Waals surface area contributed by atoms with Crippen molar-refractivity contribution in [1.82, 2.24) is 15.5 Å². The Bertz CT molecular complexity index is 637. The molecule has 11 heteroatoms. The molecule has 1 rings (SSSR count). The largest absolute Gasteiger partial charge is 0.489 e. The van der Waals surface area contributed by atoms with E-state index in [-0.39, 0.29) is 31.4 Å². The van der Waals surface area contributed by atoms with Crippen LogP contribution in [0.25, 0.3) is 0 Å². The number of halogens is 5. The van der Waals surface area contributed by atoms with Crippen LogP contribution in [0.2, 0.25) is 0 Å². The number of ether oxygens (including phenoxy) is 1. The third-order valence-electron chi connectivity index (χ3n) is 3.02. The van der Waals surface area contributed by atoms with Crippen molar-refractivity contribution in [3.8, 4) is 5.75 Å². The fraction of sp³-hybridized carbons (Fsp3) is 0.467. The number of hydrogen-bond acceptors (Lipinski definition) is 3. The molecule has 0 aliphatic carbocycles. The van der Waals surface area contributed by atoms with Crippen molar-refractivity contribution in [1.29, 1.82) is 0 Å². The number of likely N-dealkylation sites (N-methyl/N-ethyl adjacent to an activating group) is 1. The number of guanidine groups is 1. The molecule has 0 aromatic heterocycles. The number of nitrogens with zero attached hydrogens (tertiary/aromatic N) is 2. The fourth-order valence-corrected chi connectivity index (χ4v) is 1.79. The molecule has 0 bridgehead atoms. The molecule has 2 N–H and O–H groups in total. The van der Waals surface area contributed by atoms with Crippen LogP contribution in [0.15, 0.2) is 23.2 Å². The van der Waals surface area contributed by atoms with Gasteiger partial charge in [-0.05, 0) is 12.1 Å². The maximum atomic E-state index is 13.4. The van der Waals surface area contributed by atoms with Crippen molar-refractivity contribution in [3.05, 3.63) is 29.8 Å². The molecule has 0 saturated heterocycles. The molecule has 0 heterocycles. The van der Waals surface area contributed by atoms with Crippen molar-refractivity contribution in [3.63, 3.8) is 0 Å². The first-order valence-electron chi connectivity index (χ1n) is 7.45. The first kappa shape index (κ1) is 21.5. The summed E-state index contributed by atoms with van der Waals surface area (Å²) in [6.45, 7) is -1.58. The van der Waals surface area contributed by atoms with Crippen molar-refractivity contribution >= 4 is 11.9 Å². The number of hydrogen-bond donors (Lipinski definition) is 2. The smallest absolute Gasteiger partial charge is 0.406 e. The van der Waals surface area contributed by atoms with E-state index >= 15 is 0 Å². The second-order valence-corrected chi connectivity index (χ2v) is 5.14. The van der Waals surface area contributed by atoms with Gasteiger partial charge in [-0.25, -0.2) is 8.78 Å². The number of benzene rings is 1. The standard InChI is InChI=1S/C15H19F5N4O2/c1-21-14(23-8-13(25)24(2)9-15(18,19)20)22-5-6-26-12-4-3-10(16)7-11(12)17/h3-4,7H,5-6,8-9H2,1-2H3,(H2,21,22,23). The van der Waals surface area contributed by atoms with Gasteiger partial charge in [0, 0.05) is 20.2 Å². The molecule has 1 aromatic carbocycles. The normalized spacial score (nSPS) is 11.9. The first-order valence-corrected chi connectivity index (χ1v) is 7.45. The molecule has 146 valence electrons. The molecule has 0 aliphatic heterocycles. The second-order valence-electron chi connectivity index (χ2n) is 5.14. The van der Waals surface area contributed by atoms with Gasteiger partial charge in [0.2, 0.25) is 5.91 Å². The SMILES string of the molecule is CN=C(NCCOc1ccc(F)cc1F)NCC(=O)N(C)CC(F)(F)F. The first-order chi connectivity index (χ1) is 12.1. The lowest BCUT2D eigenvalue weighted by molar-refractivity contribution is -0.157. The van der Waals surface area contributed by atoms with Gasteiger partial charge >= 0.3 is 6.18 Å². The lowest BCUT2D eigenvalue weighted by atomic mass is 10.3. The van der Waals surface area contributed by atoms with Gasteiger partial charge in [-0.1, -0.05) is 0 Å². The van der Waals surface area contributed by atoms with Crippen molar-refractivity contribution in [2.45, 2.75) is 6.18 Å². The number of aliphatic imine (C=N–C) groups is 1. The molecule has 0 atom stereocenters. The van der Waals surface area contributed by atoms with E-state index in [1.54, 1.807) is 0 Å². The minimum Gasteiger partial charge on any atom is -0.489 e. The molecule has 0 spiro atoms. The van der Waals surface area contributed by atoms with E-state index in [1.165, 1.54) is 7.05 Å². The Kier molecular flexibility index (Phi) is 8.07. The highest BCUT2D eigenvalue weighted by molar-refractivity contribution is 5.86. The molecule has 1 aromatic rings. The Balaban J connectivity index is 2.33. The summed E-state index contributed by atoms with van der Waals surface area (Å²) in [6.07, 6.45) is -4.47. The van der Waals surface area contributed by atoms with Gasteiger partial charge in [0.05, 0.1) is 13.1 Å². The molecule has 0 aliphatic rings. The molecule has 1 amide bonds. The van der Waals surface area contributed by atoms with Crippen LogP contribution >= 0.6 is 0 Å². The summed E-state index contributed by atoms with van der Waals surface area (Å²) >= 11 is 0. The average Bonchev–Trinajstić information content (AvgIpc) is 2.53. The zero-order chi connectivity index (χ0) is 19.7. The third-order valence-corrected chi connectivity index (χ3v) is 3.02. The lowest BCUT2D eigenvalue weighted by Gasteiger charge is -2.20. The Morgan fingerprint density at radius 3 is 2.54 bits per heavy atom. The summed E-state index contributed by atoms with van der Waals surface area (Å²) in [4.78, 5) is 15.9. The molecule has 0 unspecified atom stereocenters. The molecule has 26 heavy (non-hydrogen) atoms. The van der Waals surface area contributed by atoms with E-state index in [2.05, 4.69) is 15.6 Å². The van der Waals surface area contributed by atoms with Crippen LogP contribution < -0.4 is 15.4 Å². The van der Waals surface area contributed by atoms with Crippen LogP contribution in [0.4, 0.5) is 22.0 Å². The molecule has 0 fully saturated rings. The number of carbonyl (C=O) groups is 1. The predicted octanol–water partition coefficient (Wildman–Crippen LogP) is 1.53. The Labute approximate surface area is 147 Å². The monoisotopic (exact) mass is 382 g/mol. The van der Waals surface area contributed by atoms with Gasteiger partial charge in [0.15, 0.2) is 17.5 Å². The summed E-state index contributed by atoms with van der Waals surface area (Å²) < 4.78 is 67.9. The Morgan fingerprint density at radius 1 is 1.27 bits per heavy atom. The third kappa shape index (κ3) is 7.99. The van der Waals surface area contributed by atoms with Crippen LogP contribution in [0.5, 0.6) is 5.75 Å². The van der Waals surface area contributed by atoms with Crippen LogP contribution in [0.3, 0.4) is 0 Å². The predicted molar refractivity (Wildman–Crippen MR) is 84.9 cm³/mol. The molecular formula is C15H19F5N4O2. The molecule has 0 saturated carbocycles. The van der Waals surface area contributed by atoms with E-state index in [4.69, 9.17) is 4.74 Å². The minimum atomic E-state index is -4.47. The number of amides is 1. The molecule has 0 radical (unpaired) electrons. The number of rotatable bonds is 7.